The third-order valence-corrected chi connectivity index (χ3v) is 3.54. The minimum atomic E-state index is -3.70. The van der Waals surface area contributed by atoms with E-state index in [9.17, 15) is 8.42 Å². The van der Waals surface area contributed by atoms with E-state index in [1.54, 1.807) is 26.0 Å². The van der Waals surface area contributed by atoms with Crippen LogP contribution in [-0.4, -0.2) is 13.5 Å². The molecule has 0 heterocycles. The molecule has 0 radical (unpaired) electrons. The number of aliphatic hydroxyl groups excluding tert-OH is 1. The third kappa shape index (κ3) is 2.26. The van der Waals surface area contributed by atoms with Crippen molar-refractivity contribution >= 4 is 19.7 Å². The largest absolute Gasteiger partial charge is 0.392 e. The number of rotatable bonds is 2. The lowest BCUT2D eigenvalue weighted by Crippen LogP contribution is -2.00. The van der Waals surface area contributed by atoms with Gasteiger partial charge >= 0.3 is 0 Å². The molecular formula is C9H11ClO3S. The van der Waals surface area contributed by atoms with E-state index >= 15 is 0 Å². The average Bonchev–Trinajstić information content (AvgIpc) is 1.99. The number of benzene rings is 1. The van der Waals surface area contributed by atoms with Gasteiger partial charge in [-0.05, 0) is 30.5 Å². The highest BCUT2D eigenvalue weighted by atomic mass is 35.7. The Morgan fingerprint density at radius 2 is 1.71 bits per heavy atom. The van der Waals surface area contributed by atoms with Gasteiger partial charge < -0.3 is 5.11 Å². The molecule has 1 aromatic rings. The van der Waals surface area contributed by atoms with Crippen molar-refractivity contribution in [3.05, 3.63) is 28.8 Å². The molecule has 0 bridgehead atoms. The van der Waals surface area contributed by atoms with Gasteiger partial charge in [0.05, 0.1) is 11.5 Å². The first-order chi connectivity index (χ1) is 6.36. The van der Waals surface area contributed by atoms with Crippen LogP contribution in [0, 0.1) is 13.8 Å². The summed E-state index contributed by atoms with van der Waals surface area (Å²) in [5, 5.41) is 8.90. The summed E-state index contributed by atoms with van der Waals surface area (Å²) in [5.74, 6) is 0. The molecule has 1 aromatic carbocycles. The molecule has 0 fully saturated rings. The minimum absolute atomic E-state index is 0.107. The molecule has 0 amide bonds. The molecule has 0 atom stereocenters. The van der Waals surface area contributed by atoms with Gasteiger partial charge in [0.2, 0.25) is 0 Å². The molecular weight excluding hydrogens is 224 g/mol. The van der Waals surface area contributed by atoms with Crippen LogP contribution in [0.3, 0.4) is 0 Å². The summed E-state index contributed by atoms with van der Waals surface area (Å²) >= 11 is 0. The smallest absolute Gasteiger partial charge is 0.261 e. The predicted octanol–water partition coefficient (Wildman–Crippen LogP) is 1.72. The van der Waals surface area contributed by atoms with E-state index in [1.807, 2.05) is 0 Å². The number of aryl methyl sites for hydroxylation is 2. The Morgan fingerprint density at radius 3 is 2.00 bits per heavy atom. The highest BCUT2D eigenvalue weighted by Crippen LogP contribution is 2.24. The lowest BCUT2D eigenvalue weighted by molar-refractivity contribution is 0.281. The molecule has 0 saturated carbocycles. The maximum atomic E-state index is 11.2. The van der Waals surface area contributed by atoms with Crippen LogP contribution in [0.5, 0.6) is 0 Å². The van der Waals surface area contributed by atoms with E-state index in [0.717, 1.165) is 0 Å². The van der Waals surface area contributed by atoms with Gasteiger partial charge in [0.25, 0.3) is 9.05 Å². The van der Waals surface area contributed by atoms with Crippen molar-refractivity contribution in [2.75, 3.05) is 0 Å². The van der Waals surface area contributed by atoms with Crippen LogP contribution >= 0.6 is 10.7 Å². The number of hydrogen-bond acceptors (Lipinski definition) is 3. The summed E-state index contributed by atoms with van der Waals surface area (Å²) in [6.07, 6.45) is 0. The van der Waals surface area contributed by atoms with Crippen LogP contribution in [0.4, 0.5) is 0 Å². The summed E-state index contributed by atoms with van der Waals surface area (Å²) in [6, 6.07) is 3.23. The summed E-state index contributed by atoms with van der Waals surface area (Å²) in [6.45, 7) is 3.20. The molecule has 0 aliphatic carbocycles. The summed E-state index contributed by atoms with van der Waals surface area (Å²) in [5.41, 5.74) is 1.80. The normalized spacial score (nSPS) is 11.7. The fourth-order valence-electron chi connectivity index (χ4n) is 1.52. The lowest BCUT2D eigenvalue weighted by atomic mass is 10.1. The van der Waals surface area contributed by atoms with E-state index in [-0.39, 0.29) is 11.5 Å². The SMILES string of the molecule is Cc1cc(CO)cc(C)c1S(=O)(=O)Cl. The van der Waals surface area contributed by atoms with E-state index < -0.39 is 9.05 Å². The van der Waals surface area contributed by atoms with Gasteiger partial charge in [0.1, 0.15) is 0 Å². The van der Waals surface area contributed by atoms with E-state index in [0.29, 0.717) is 16.7 Å². The molecule has 0 unspecified atom stereocenters. The predicted molar refractivity (Wildman–Crippen MR) is 54.9 cm³/mol. The Labute approximate surface area is 87.8 Å². The molecule has 14 heavy (non-hydrogen) atoms. The van der Waals surface area contributed by atoms with Crippen LogP contribution in [0.25, 0.3) is 0 Å². The quantitative estimate of drug-likeness (QED) is 0.793. The summed E-state index contributed by atoms with van der Waals surface area (Å²) < 4.78 is 22.4. The Kier molecular flexibility index (Phi) is 3.19. The van der Waals surface area contributed by atoms with Gasteiger partial charge in [-0.1, -0.05) is 12.1 Å². The minimum Gasteiger partial charge on any atom is -0.392 e. The van der Waals surface area contributed by atoms with Gasteiger partial charge in [-0.25, -0.2) is 8.42 Å². The fraction of sp³-hybridized carbons (Fsp3) is 0.333. The second-order valence-corrected chi connectivity index (χ2v) is 5.66. The summed E-state index contributed by atoms with van der Waals surface area (Å²) in [7, 11) is 1.58. The Hall–Kier alpha value is -0.580. The Morgan fingerprint density at radius 1 is 1.29 bits per heavy atom. The van der Waals surface area contributed by atoms with Gasteiger partial charge in [-0.2, -0.15) is 0 Å². The van der Waals surface area contributed by atoms with Crippen LogP contribution < -0.4 is 0 Å². The zero-order valence-electron chi connectivity index (χ0n) is 7.91. The highest BCUT2D eigenvalue weighted by molar-refractivity contribution is 8.13. The molecule has 1 N–H and O–H groups in total. The lowest BCUT2D eigenvalue weighted by Gasteiger charge is -2.08. The molecule has 1 rings (SSSR count). The third-order valence-electron chi connectivity index (χ3n) is 1.95. The Balaban J connectivity index is 3.48. The maximum absolute atomic E-state index is 11.2. The molecule has 0 aromatic heterocycles. The molecule has 5 heteroatoms. The van der Waals surface area contributed by atoms with Crippen LogP contribution in [0.1, 0.15) is 16.7 Å². The second-order valence-electron chi connectivity index (χ2n) is 3.15. The van der Waals surface area contributed by atoms with E-state index in [4.69, 9.17) is 15.8 Å². The first-order valence-corrected chi connectivity index (χ1v) is 6.33. The number of aliphatic hydroxyl groups is 1. The zero-order chi connectivity index (χ0) is 10.9. The van der Waals surface area contributed by atoms with Gasteiger partial charge in [0, 0.05) is 10.7 Å². The topological polar surface area (TPSA) is 54.4 Å². The van der Waals surface area contributed by atoms with Gasteiger partial charge in [0.15, 0.2) is 0 Å². The van der Waals surface area contributed by atoms with Crippen LogP contribution in [0.15, 0.2) is 17.0 Å². The van der Waals surface area contributed by atoms with Crippen molar-refractivity contribution < 1.29 is 13.5 Å². The fourth-order valence-corrected chi connectivity index (χ4v) is 3.13. The van der Waals surface area contributed by atoms with E-state index in [2.05, 4.69) is 0 Å². The zero-order valence-corrected chi connectivity index (χ0v) is 9.48. The molecule has 0 saturated heterocycles. The van der Waals surface area contributed by atoms with Crippen molar-refractivity contribution in [3.8, 4) is 0 Å². The first kappa shape index (κ1) is 11.5. The van der Waals surface area contributed by atoms with E-state index in [1.165, 1.54) is 0 Å². The molecule has 3 nitrogen and oxygen atoms in total. The number of halogens is 1. The van der Waals surface area contributed by atoms with Gasteiger partial charge in [-0.15, -0.1) is 0 Å². The molecule has 0 aliphatic heterocycles. The average molecular weight is 235 g/mol. The summed E-state index contributed by atoms with van der Waals surface area (Å²) in [4.78, 5) is 0.136. The van der Waals surface area contributed by atoms with Crippen molar-refractivity contribution in [2.24, 2.45) is 0 Å². The monoisotopic (exact) mass is 234 g/mol. The van der Waals surface area contributed by atoms with Gasteiger partial charge in [-0.3, -0.25) is 0 Å². The first-order valence-electron chi connectivity index (χ1n) is 4.02. The number of hydrogen-bond donors (Lipinski definition) is 1. The van der Waals surface area contributed by atoms with Crippen molar-refractivity contribution in [1.82, 2.24) is 0 Å². The molecule has 0 aliphatic rings. The standard InChI is InChI=1S/C9H11ClO3S/c1-6-3-8(5-11)4-7(2)9(6)14(10,12)13/h3-4,11H,5H2,1-2H3. The second kappa shape index (κ2) is 3.88. The molecule has 0 spiro atoms. The van der Waals surface area contributed by atoms with Crippen molar-refractivity contribution in [2.45, 2.75) is 25.3 Å². The highest BCUT2D eigenvalue weighted by Gasteiger charge is 2.16. The van der Waals surface area contributed by atoms with Crippen LogP contribution in [-0.2, 0) is 15.7 Å². The molecule has 78 valence electrons. The van der Waals surface area contributed by atoms with Crippen molar-refractivity contribution in [3.63, 3.8) is 0 Å². The van der Waals surface area contributed by atoms with Crippen LogP contribution in [0.2, 0.25) is 0 Å². The van der Waals surface area contributed by atoms with Crippen molar-refractivity contribution in [1.29, 1.82) is 0 Å². The Bertz CT molecular complexity index is 428. The maximum Gasteiger partial charge on any atom is 0.261 e.